The fraction of sp³-hybridized carbons (Fsp3) is 0.235. The van der Waals surface area contributed by atoms with Crippen molar-refractivity contribution in [3.63, 3.8) is 0 Å². The van der Waals surface area contributed by atoms with E-state index in [2.05, 4.69) is 22.8 Å². The molecule has 2 aromatic carbocycles. The topological polar surface area (TPSA) is 41.1 Å². The first kappa shape index (κ1) is 15.2. The van der Waals surface area contributed by atoms with E-state index < -0.39 is 0 Å². The zero-order valence-corrected chi connectivity index (χ0v) is 11.8. The summed E-state index contributed by atoms with van der Waals surface area (Å²) in [5, 5.41) is 5.73. The third-order valence-corrected chi connectivity index (χ3v) is 3.06. The Balaban J connectivity index is 1.61. The Kier molecular flexibility index (Phi) is 5.91. The minimum Gasteiger partial charge on any atom is -0.325 e. The lowest BCUT2D eigenvalue weighted by atomic mass is 10.1. The van der Waals surface area contributed by atoms with Crippen LogP contribution >= 0.6 is 0 Å². The monoisotopic (exact) mass is 286 g/mol. The lowest BCUT2D eigenvalue weighted by molar-refractivity contribution is -0.115. The van der Waals surface area contributed by atoms with Crippen molar-refractivity contribution in [2.45, 2.75) is 12.8 Å². The fourth-order valence-electron chi connectivity index (χ4n) is 2.04. The van der Waals surface area contributed by atoms with E-state index in [-0.39, 0.29) is 18.3 Å². The Morgan fingerprint density at radius 1 is 1.05 bits per heavy atom. The first-order valence-corrected chi connectivity index (χ1v) is 7.04. The van der Waals surface area contributed by atoms with Gasteiger partial charge in [0.15, 0.2) is 0 Å². The van der Waals surface area contributed by atoms with Crippen LogP contribution in [0.25, 0.3) is 0 Å². The highest BCUT2D eigenvalue weighted by atomic mass is 19.1. The molecule has 0 spiro atoms. The van der Waals surface area contributed by atoms with Crippen LogP contribution < -0.4 is 10.6 Å². The molecule has 2 N–H and O–H groups in total. The van der Waals surface area contributed by atoms with Crippen molar-refractivity contribution in [2.24, 2.45) is 0 Å². The van der Waals surface area contributed by atoms with E-state index in [1.54, 1.807) is 12.1 Å². The summed E-state index contributed by atoms with van der Waals surface area (Å²) in [7, 11) is 0. The van der Waals surface area contributed by atoms with Gasteiger partial charge in [-0.3, -0.25) is 4.79 Å². The van der Waals surface area contributed by atoms with Gasteiger partial charge in [0, 0.05) is 5.69 Å². The van der Waals surface area contributed by atoms with Gasteiger partial charge in [-0.15, -0.1) is 0 Å². The van der Waals surface area contributed by atoms with Crippen molar-refractivity contribution in [3.05, 3.63) is 66.0 Å². The van der Waals surface area contributed by atoms with Gasteiger partial charge in [0.05, 0.1) is 6.54 Å². The number of benzene rings is 2. The van der Waals surface area contributed by atoms with Gasteiger partial charge in [-0.1, -0.05) is 36.4 Å². The number of halogens is 1. The molecule has 3 nitrogen and oxygen atoms in total. The van der Waals surface area contributed by atoms with E-state index in [1.165, 1.54) is 17.7 Å². The SMILES string of the molecule is O=C(CNCCCc1ccccc1)Nc1cccc(F)c1. The number of hydrogen-bond acceptors (Lipinski definition) is 2. The molecule has 1 amide bonds. The summed E-state index contributed by atoms with van der Waals surface area (Å²) in [6.45, 7) is 0.997. The smallest absolute Gasteiger partial charge is 0.238 e. The van der Waals surface area contributed by atoms with Crippen LogP contribution in [0.5, 0.6) is 0 Å². The molecule has 0 saturated heterocycles. The lowest BCUT2D eigenvalue weighted by Gasteiger charge is -2.07. The average Bonchev–Trinajstić information content (AvgIpc) is 2.48. The standard InChI is InChI=1S/C17H19FN2O/c18-15-9-4-10-16(12-15)20-17(21)13-19-11-5-8-14-6-2-1-3-7-14/h1-4,6-7,9-10,12,19H,5,8,11,13H2,(H,20,21). The highest BCUT2D eigenvalue weighted by molar-refractivity contribution is 5.92. The number of carbonyl (C=O) groups is 1. The molecule has 0 atom stereocenters. The maximum absolute atomic E-state index is 13.0. The van der Waals surface area contributed by atoms with Gasteiger partial charge in [-0.2, -0.15) is 0 Å². The second-order valence-electron chi connectivity index (χ2n) is 4.82. The van der Waals surface area contributed by atoms with Crippen LogP contribution in [-0.4, -0.2) is 19.0 Å². The van der Waals surface area contributed by atoms with Gasteiger partial charge in [0.25, 0.3) is 0 Å². The van der Waals surface area contributed by atoms with Crippen LogP contribution in [0.3, 0.4) is 0 Å². The fourth-order valence-corrected chi connectivity index (χ4v) is 2.04. The molecule has 110 valence electrons. The number of rotatable bonds is 7. The second-order valence-corrected chi connectivity index (χ2v) is 4.82. The van der Waals surface area contributed by atoms with Gasteiger partial charge in [0.2, 0.25) is 5.91 Å². The summed E-state index contributed by atoms with van der Waals surface area (Å²) < 4.78 is 13.0. The molecule has 0 aliphatic rings. The molecule has 0 radical (unpaired) electrons. The van der Waals surface area contributed by atoms with Crippen LogP contribution in [0.15, 0.2) is 54.6 Å². The van der Waals surface area contributed by atoms with Crippen LogP contribution in [-0.2, 0) is 11.2 Å². The quantitative estimate of drug-likeness (QED) is 0.768. The third-order valence-electron chi connectivity index (χ3n) is 3.06. The van der Waals surface area contributed by atoms with Gasteiger partial charge < -0.3 is 10.6 Å². The third kappa shape index (κ3) is 5.75. The normalized spacial score (nSPS) is 10.3. The summed E-state index contributed by atoms with van der Waals surface area (Å²) in [6.07, 6.45) is 1.95. The molecule has 0 bridgehead atoms. The first-order chi connectivity index (χ1) is 10.2. The van der Waals surface area contributed by atoms with Gasteiger partial charge in [-0.05, 0) is 43.1 Å². The van der Waals surface area contributed by atoms with Crippen molar-refractivity contribution in [1.82, 2.24) is 5.32 Å². The summed E-state index contributed by atoms with van der Waals surface area (Å²) in [5.41, 5.74) is 1.77. The van der Waals surface area contributed by atoms with Gasteiger partial charge >= 0.3 is 0 Å². The molecule has 0 heterocycles. The van der Waals surface area contributed by atoms with E-state index in [0.29, 0.717) is 5.69 Å². The van der Waals surface area contributed by atoms with Crippen molar-refractivity contribution >= 4 is 11.6 Å². The Bertz CT molecular complexity index is 572. The van der Waals surface area contributed by atoms with E-state index in [0.717, 1.165) is 19.4 Å². The molecule has 4 heteroatoms. The molecule has 21 heavy (non-hydrogen) atoms. The molecule has 0 aromatic heterocycles. The van der Waals surface area contributed by atoms with Crippen molar-refractivity contribution in [2.75, 3.05) is 18.4 Å². The zero-order chi connectivity index (χ0) is 14.9. The van der Waals surface area contributed by atoms with Gasteiger partial charge in [-0.25, -0.2) is 4.39 Å². The van der Waals surface area contributed by atoms with E-state index in [4.69, 9.17) is 0 Å². The second kappa shape index (κ2) is 8.17. The van der Waals surface area contributed by atoms with Crippen molar-refractivity contribution in [3.8, 4) is 0 Å². The molecular weight excluding hydrogens is 267 g/mol. The highest BCUT2D eigenvalue weighted by Crippen LogP contribution is 2.08. The number of aryl methyl sites for hydroxylation is 1. The average molecular weight is 286 g/mol. The van der Waals surface area contributed by atoms with E-state index in [9.17, 15) is 9.18 Å². The first-order valence-electron chi connectivity index (χ1n) is 7.04. The van der Waals surface area contributed by atoms with Crippen LogP contribution in [0, 0.1) is 5.82 Å². The van der Waals surface area contributed by atoms with Crippen LogP contribution in [0.1, 0.15) is 12.0 Å². The predicted molar refractivity (Wildman–Crippen MR) is 82.7 cm³/mol. The van der Waals surface area contributed by atoms with Crippen molar-refractivity contribution < 1.29 is 9.18 Å². The number of nitrogens with one attached hydrogen (secondary N) is 2. The molecule has 0 aliphatic carbocycles. The van der Waals surface area contributed by atoms with Crippen LogP contribution in [0.2, 0.25) is 0 Å². The zero-order valence-electron chi connectivity index (χ0n) is 11.8. The molecule has 2 aromatic rings. The Hall–Kier alpha value is -2.20. The summed E-state index contributed by atoms with van der Waals surface area (Å²) in [4.78, 5) is 11.7. The summed E-state index contributed by atoms with van der Waals surface area (Å²) in [6, 6.07) is 16.1. The highest BCUT2D eigenvalue weighted by Gasteiger charge is 2.02. The maximum Gasteiger partial charge on any atom is 0.238 e. The number of carbonyl (C=O) groups excluding carboxylic acids is 1. The molecule has 0 fully saturated rings. The Morgan fingerprint density at radius 2 is 1.86 bits per heavy atom. The Morgan fingerprint density at radius 3 is 2.62 bits per heavy atom. The molecule has 0 saturated carbocycles. The van der Waals surface area contributed by atoms with Gasteiger partial charge in [0.1, 0.15) is 5.82 Å². The minimum atomic E-state index is -0.358. The predicted octanol–water partition coefficient (Wildman–Crippen LogP) is 2.99. The largest absolute Gasteiger partial charge is 0.325 e. The molecule has 2 rings (SSSR count). The summed E-state index contributed by atoms with van der Waals surface area (Å²) in [5.74, 6) is -0.524. The molecule has 0 aliphatic heterocycles. The molecule has 0 unspecified atom stereocenters. The molecular formula is C17H19FN2O. The van der Waals surface area contributed by atoms with E-state index >= 15 is 0 Å². The lowest BCUT2D eigenvalue weighted by Crippen LogP contribution is -2.29. The van der Waals surface area contributed by atoms with Crippen molar-refractivity contribution in [1.29, 1.82) is 0 Å². The van der Waals surface area contributed by atoms with Crippen LogP contribution in [0.4, 0.5) is 10.1 Å². The minimum absolute atomic E-state index is 0.166. The summed E-state index contributed by atoms with van der Waals surface area (Å²) >= 11 is 0. The number of amides is 1. The Labute approximate surface area is 124 Å². The number of hydrogen-bond donors (Lipinski definition) is 2. The van der Waals surface area contributed by atoms with E-state index in [1.807, 2.05) is 18.2 Å². The maximum atomic E-state index is 13.0. The number of anilines is 1.